The van der Waals surface area contributed by atoms with E-state index in [2.05, 4.69) is 13.5 Å². The third-order valence-electron chi connectivity index (χ3n) is 3.71. The molecule has 0 saturated carbocycles. The smallest absolute Gasteiger partial charge is 0.143 e. The molecule has 4 nitrogen and oxygen atoms in total. The topological polar surface area (TPSA) is 75.5 Å². The summed E-state index contributed by atoms with van der Waals surface area (Å²) in [6, 6.07) is 7.27. The van der Waals surface area contributed by atoms with E-state index < -0.39 is 6.23 Å². The summed E-state index contributed by atoms with van der Waals surface area (Å²) in [4.78, 5) is 0. The predicted octanol–water partition coefficient (Wildman–Crippen LogP) is 2.51. The van der Waals surface area contributed by atoms with Crippen LogP contribution in [-0.4, -0.2) is 11.3 Å². The fraction of sp³-hybridized carbons (Fsp3) is 0.467. The molecule has 0 aliphatic heterocycles. The third kappa shape index (κ3) is 3.72. The van der Waals surface area contributed by atoms with Gasteiger partial charge in [-0.15, -0.1) is 6.58 Å². The highest BCUT2D eigenvalue weighted by Gasteiger charge is 2.26. The molecule has 0 spiro atoms. The van der Waals surface area contributed by atoms with Gasteiger partial charge in [0.1, 0.15) is 6.23 Å². The number of rotatable bonds is 7. The van der Waals surface area contributed by atoms with Crippen LogP contribution in [0.2, 0.25) is 0 Å². The molecular formula is C15H25N3O. The van der Waals surface area contributed by atoms with Crippen LogP contribution in [0.25, 0.3) is 0 Å². The summed E-state index contributed by atoms with van der Waals surface area (Å²) in [5.74, 6) is 6.39. The maximum atomic E-state index is 10.4. The zero-order valence-corrected chi connectivity index (χ0v) is 11.8. The van der Waals surface area contributed by atoms with Crippen LogP contribution in [0.3, 0.4) is 0 Å². The molecule has 1 aromatic carbocycles. The summed E-state index contributed by atoms with van der Waals surface area (Å²) in [7, 11) is 0. The Hall–Kier alpha value is -1.52. The third-order valence-corrected chi connectivity index (χ3v) is 3.71. The van der Waals surface area contributed by atoms with Crippen molar-refractivity contribution in [2.24, 2.45) is 17.7 Å². The SMILES string of the molecule is C=CCC(CC)C(C)C(O)N(N)c1ccccc1N. The Morgan fingerprint density at radius 3 is 2.58 bits per heavy atom. The van der Waals surface area contributed by atoms with Crippen molar-refractivity contribution in [2.75, 3.05) is 10.7 Å². The zero-order chi connectivity index (χ0) is 14.4. The molecule has 0 saturated heterocycles. The number of para-hydroxylation sites is 2. The van der Waals surface area contributed by atoms with E-state index in [0.717, 1.165) is 12.8 Å². The highest BCUT2D eigenvalue weighted by Crippen LogP contribution is 2.28. The molecule has 0 aromatic heterocycles. The second-order valence-corrected chi connectivity index (χ2v) is 4.93. The first kappa shape index (κ1) is 15.5. The summed E-state index contributed by atoms with van der Waals surface area (Å²) < 4.78 is 0. The molecule has 5 N–H and O–H groups in total. The lowest BCUT2D eigenvalue weighted by Gasteiger charge is -2.34. The van der Waals surface area contributed by atoms with Crippen LogP contribution < -0.4 is 16.6 Å². The van der Waals surface area contributed by atoms with Crippen LogP contribution in [0, 0.1) is 11.8 Å². The van der Waals surface area contributed by atoms with Gasteiger partial charge in [0.05, 0.1) is 11.4 Å². The number of aliphatic hydroxyl groups excluding tert-OH is 1. The molecule has 19 heavy (non-hydrogen) atoms. The summed E-state index contributed by atoms with van der Waals surface area (Å²) in [5, 5.41) is 11.8. The van der Waals surface area contributed by atoms with E-state index in [1.807, 2.05) is 25.1 Å². The minimum atomic E-state index is -0.769. The average molecular weight is 263 g/mol. The number of allylic oxidation sites excluding steroid dienone is 1. The van der Waals surface area contributed by atoms with Crippen molar-refractivity contribution in [2.45, 2.75) is 32.9 Å². The van der Waals surface area contributed by atoms with E-state index in [9.17, 15) is 5.11 Å². The number of nitrogens with two attached hydrogens (primary N) is 2. The van der Waals surface area contributed by atoms with Crippen molar-refractivity contribution in [1.82, 2.24) is 0 Å². The molecule has 0 aliphatic rings. The van der Waals surface area contributed by atoms with Gasteiger partial charge in [0.2, 0.25) is 0 Å². The molecule has 0 bridgehead atoms. The molecule has 4 heteroatoms. The van der Waals surface area contributed by atoms with Crippen LogP contribution in [0.5, 0.6) is 0 Å². The Bertz CT molecular complexity index is 408. The predicted molar refractivity (Wildman–Crippen MR) is 81.3 cm³/mol. The normalized spacial score (nSPS) is 15.6. The Labute approximate surface area is 115 Å². The minimum absolute atomic E-state index is 0.0348. The monoisotopic (exact) mass is 263 g/mol. The lowest BCUT2D eigenvalue weighted by Crippen LogP contribution is -2.47. The van der Waals surface area contributed by atoms with Crippen molar-refractivity contribution in [3.8, 4) is 0 Å². The number of nitrogens with zero attached hydrogens (tertiary/aromatic N) is 1. The second kappa shape index (κ2) is 7.16. The fourth-order valence-corrected chi connectivity index (χ4v) is 2.33. The molecule has 3 unspecified atom stereocenters. The van der Waals surface area contributed by atoms with Gasteiger partial charge in [0, 0.05) is 5.92 Å². The van der Waals surface area contributed by atoms with E-state index >= 15 is 0 Å². The van der Waals surface area contributed by atoms with Gasteiger partial charge in [-0.25, -0.2) is 5.84 Å². The minimum Gasteiger partial charge on any atom is -0.397 e. The zero-order valence-electron chi connectivity index (χ0n) is 11.8. The highest BCUT2D eigenvalue weighted by molar-refractivity contribution is 5.66. The van der Waals surface area contributed by atoms with Gasteiger partial charge in [-0.05, 0) is 24.5 Å². The van der Waals surface area contributed by atoms with Crippen LogP contribution in [-0.2, 0) is 0 Å². The molecular weight excluding hydrogens is 238 g/mol. The fourth-order valence-electron chi connectivity index (χ4n) is 2.33. The van der Waals surface area contributed by atoms with Crippen molar-refractivity contribution in [3.05, 3.63) is 36.9 Å². The number of benzene rings is 1. The van der Waals surface area contributed by atoms with Gasteiger partial charge >= 0.3 is 0 Å². The van der Waals surface area contributed by atoms with Gasteiger partial charge in [-0.2, -0.15) is 0 Å². The van der Waals surface area contributed by atoms with Gasteiger partial charge in [-0.3, -0.25) is 5.01 Å². The van der Waals surface area contributed by atoms with Gasteiger partial charge in [0.15, 0.2) is 0 Å². The lowest BCUT2D eigenvalue weighted by atomic mass is 9.87. The number of anilines is 2. The van der Waals surface area contributed by atoms with Crippen LogP contribution in [0.1, 0.15) is 26.7 Å². The molecule has 3 atom stereocenters. The summed E-state index contributed by atoms with van der Waals surface area (Å²) in [6.45, 7) is 7.87. The number of hydrogen-bond donors (Lipinski definition) is 3. The van der Waals surface area contributed by atoms with Gasteiger partial charge in [-0.1, -0.05) is 38.5 Å². The van der Waals surface area contributed by atoms with Crippen LogP contribution >= 0.6 is 0 Å². The lowest BCUT2D eigenvalue weighted by molar-refractivity contribution is 0.0777. The molecule has 0 aliphatic carbocycles. The molecule has 106 valence electrons. The number of aliphatic hydroxyl groups is 1. The van der Waals surface area contributed by atoms with Crippen LogP contribution in [0.15, 0.2) is 36.9 Å². The quantitative estimate of drug-likeness (QED) is 0.232. The van der Waals surface area contributed by atoms with Crippen molar-refractivity contribution in [3.63, 3.8) is 0 Å². The maximum Gasteiger partial charge on any atom is 0.143 e. The largest absolute Gasteiger partial charge is 0.397 e. The number of hydrogen-bond acceptors (Lipinski definition) is 4. The van der Waals surface area contributed by atoms with Crippen molar-refractivity contribution < 1.29 is 5.11 Å². The molecule has 0 radical (unpaired) electrons. The summed E-state index contributed by atoms with van der Waals surface area (Å²) in [6.07, 6.45) is 2.96. The molecule has 1 aromatic rings. The Morgan fingerprint density at radius 1 is 1.42 bits per heavy atom. The van der Waals surface area contributed by atoms with Gasteiger partial charge < -0.3 is 10.8 Å². The van der Waals surface area contributed by atoms with E-state index in [0.29, 0.717) is 17.3 Å². The van der Waals surface area contributed by atoms with Crippen molar-refractivity contribution in [1.29, 1.82) is 0 Å². The molecule has 0 amide bonds. The molecule has 0 heterocycles. The summed E-state index contributed by atoms with van der Waals surface area (Å²) in [5.41, 5.74) is 7.09. The standard InChI is InChI=1S/C15H25N3O/c1-4-8-12(5-2)11(3)15(19)18(17)14-10-7-6-9-13(14)16/h4,6-7,9-12,15,19H,1,5,8,16-17H2,2-3H3. The van der Waals surface area contributed by atoms with Gasteiger partial charge in [0.25, 0.3) is 0 Å². The van der Waals surface area contributed by atoms with E-state index in [4.69, 9.17) is 11.6 Å². The van der Waals surface area contributed by atoms with E-state index in [1.165, 1.54) is 5.01 Å². The maximum absolute atomic E-state index is 10.4. The van der Waals surface area contributed by atoms with Crippen molar-refractivity contribution >= 4 is 11.4 Å². The molecule has 0 fully saturated rings. The Morgan fingerprint density at radius 2 is 2.05 bits per heavy atom. The summed E-state index contributed by atoms with van der Waals surface area (Å²) >= 11 is 0. The van der Waals surface area contributed by atoms with Crippen LogP contribution in [0.4, 0.5) is 11.4 Å². The first-order chi connectivity index (χ1) is 9.02. The highest BCUT2D eigenvalue weighted by atomic mass is 16.3. The average Bonchev–Trinajstić information content (AvgIpc) is 2.43. The first-order valence-corrected chi connectivity index (χ1v) is 6.70. The second-order valence-electron chi connectivity index (χ2n) is 4.93. The molecule has 1 rings (SSSR count). The Kier molecular flexibility index (Phi) is 5.86. The number of hydrazine groups is 1. The number of nitrogen functional groups attached to an aromatic ring is 1. The van der Waals surface area contributed by atoms with E-state index in [1.54, 1.807) is 12.1 Å². The first-order valence-electron chi connectivity index (χ1n) is 6.70. The van der Waals surface area contributed by atoms with E-state index in [-0.39, 0.29) is 5.92 Å². The Balaban J connectivity index is 2.84.